The van der Waals surface area contributed by atoms with Gasteiger partial charge in [-0.15, -0.1) is 0 Å². The average molecular weight is 253 g/mol. The minimum Gasteiger partial charge on any atom is -0.350 e. The van der Waals surface area contributed by atoms with E-state index < -0.39 is 0 Å². The van der Waals surface area contributed by atoms with E-state index in [-0.39, 0.29) is 12.1 Å². The van der Waals surface area contributed by atoms with Crippen LogP contribution in [0.25, 0.3) is 0 Å². The Hall–Kier alpha value is -1.69. The molecule has 2 rings (SSSR count). The van der Waals surface area contributed by atoms with Gasteiger partial charge in [0.2, 0.25) is 5.95 Å². The van der Waals surface area contributed by atoms with Gasteiger partial charge in [-0.2, -0.15) is 5.10 Å². The summed E-state index contributed by atoms with van der Waals surface area (Å²) in [5.41, 5.74) is 0. The molecule has 0 spiro atoms. The maximum Gasteiger partial charge on any atom is 0.222 e. The van der Waals surface area contributed by atoms with Crippen LogP contribution in [-0.4, -0.2) is 30.8 Å². The van der Waals surface area contributed by atoms with E-state index in [2.05, 4.69) is 25.4 Å². The molecular formula is C10H13ClN6. The van der Waals surface area contributed by atoms with Crippen molar-refractivity contribution in [3.05, 3.63) is 30.1 Å². The summed E-state index contributed by atoms with van der Waals surface area (Å²) >= 11 is 5.72. The van der Waals surface area contributed by atoms with Gasteiger partial charge in [-0.05, 0) is 13.8 Å². The molecule has 0 fully saturated rings. The van der Waals surface area contributed by atoms with Crippen molar-refractivity contribution in [1.82, 2.24) is 24.7 Å². The lowest BCUT2D eigenvalue weighted by Crippen LogP contribution is -2.27. The van der Waals surface area contributed by atoms with E-state index in [9.17, 15) is 0 Å². The third kappa shape index (κ3) is 2.91. The maximum absolute atomic E-state index is 5.72. The fourth-order valence-corrected chi connectivity index (χ4v) is 1.47. The van der Waals surface area contributed by atoms with Crippen LogP contribution in [0.4, 0.5) is 5.95 Å². The van der Waals surface area contributed by atoms with E-state index in [0.717, 1.165) is 0 Å². The van der Waals surface area contributed by atoms with Crippen LogP contribution in [0, 0.1) is 0 Å². The van der Waals surface area contributed by atoms with Crippen molar-refractivity contribution in [3.8, 4) is 0 Å². The van der Waals surface area contributed by atoms with Gasteiger partial charge >= 0.3 is 0 Å². The highest BCUT2D eigenvalue weighted by Gasteiger charge is 2.15. The molecular weight excluding hydrogens is 240 g/mol. The van der Waals surface area contributed by atoms with Gasteiger partial charge in [-0.25, -0.2) is 19.6 Å². The highest BCUT2D eigenvalue weighted by molar-refractivity contribution is 6.30. The molecule has 0 aliphatic rings. The Balaban J connectivity index is 2.01. The van der Waals surface area contributed by atoms with Crippen LogP contribution in [0.2, 0.25) is 5.02 Å². The molecule has 2 aromatic heterocycles. The van der Waals surface area contributed by atoms with Crippen molar-refractivity contribution in [2.45, 2.75) is 25.9 Å². The fourth-order valence-electron chi connectivity index (χ4n) is 1.37. The quantitative estimate of drug-likeness (QED) is 0.898. The van der Waals surface area contributed by atoms with Crippen LogP contribution in [-0.2, 0) is 0 Å². The molecule has 17 heavy (non-hydrogen) atoms. The van der Waals surface area contributed by atoms with E-state index in [0.29, 0.717) is 11.0 Å². The number of hydrogen-bond donors (Lipinski definition) is 1. The Morgan fingerprint density at radius 3 is 2.59 bits per heavy atom. The minimum atomic E-state index is 0.123. The summed E-state index contributed by atoms with van der Waals surface area (Å²) in [6.45, 7) is 4.08. The molecule has 1 N–H and O–H groups in total. The van der Waals surface area contributed by atoms with Gasteiger partial charge < -0.3 is 5.32 Å². The lowest BCUT2D eigenvalue weighted by Gasteiger charge is -2.20. The van der Waals surface area contributed by atoms with Gasteiger partial charge in [0.25, 0.3) is 0 Å². The van der Waals surface area contributed by atoms with Gasteiger partial charge in [-0.1, -0.05) is 11.6 Å². The Morgan fingerprint density at radius 1 is 1.29 bits per heavy atom. The van der Waals surface area contributed by atoms with E-state index in [1.807, 2.05) is 13.8 Å². The molecule has 0 radical (unpaired) electrons. The van der Waals surface area contributed by atoms with Crippen molar-refractivity contribution in [2.24, 2.45) is 0 Å². The molecule has 0 aromatic carbocycles. The third-order valence-corrected chi connectivity index (χ3v) is 2.75. The summed E-state index contributed by atoms with van der Waals surface area (Å²) in [5, 5.41) is 7.81. The first kappa shape index (κ1) is 11.8. The van der Waals surface area contributed by atoms with Crippen molar-refractivity contribution in [1.29, 1.82) is 0 Å². The monoisotopic (exact) mass is 252 g/mol. The van der Waals surface area contributed by atoms with Crippen LogP contribution in [0.1, 0.15) is 19.9 Å². The lowest BCUT2D eigenvalue weighted by atomic mass is 10.2. The zero-order valence-corrected chi connectivity index (χ0v) is 10.3. The van der Waals surface area contributed by atoms with Gasteiger partial charge in [0.05, 0.1) is 23.5 Å². The highest BCUT2D eigenvalue weighted by Crippen LogP contribution is 2.13. The van der Waals surface area contributed by atoms with E-state index in [4.69, 9.17) is 11.6 Å². The van der Waals surface area contributed by atoms with Crippen molar-refractivity contribution < 1.29 is 0 Å². The average Bonchev–Trinajstić information content (AvgIpc) is 2.84. The summed E-state index contributed by atoms with van der Waals surface area (Å²) in [6, 6.07) is 0.273. The third-order valence-electron chi connectivity index (χ3n) is 2.55. The highest BCUT2D eigenvalue weighted by atomic mass is 35.5. The lowest BCUT2D eigenvalue weighted by molar-refractivity contribution is 0.441. The number of rotatable bonds is 4. The number of halogens is 1. The molecule has 2 heterocycles. The molecule has 2 atom stereocenters. The maximum atomic E-state index is 5.72. The molecule has 0 bridgehead atoms. The van der Waals surface area contributed by atoms with E-state index in [1.54, 1.807) is 23.4 Å². The first-order valence-corrected chi connectivity index (χ1v) is 5.63. The van der Waals surface area contributed by atoms with E-state index in [1.165, 1.54) is 6.33 Å². The molecule has 6 nitrogen and oxygen atoms in total. The van der Waals surface area contributed by atoms with Crippen LogP contribution < -0.4 is 5.32 Å². The van der Waals surface area contributed by atoms with Gasteiger partial charge in [0.15, 0.2) is 0 Å². The minimum absolute atomic E-state index is 0.123. The summed E-state index contributed by atoms with van der Waals surface area (Å²) in [5.74, 6) is 0.550. The largest absolute Gasteiger partial charge is 0.350 e. The zero-order chi connectivity index (χ0) is 12.3. The molecule has 0 saturated heterocycles. The first-order chi connectivity index (χ1) is 8.16. The smallest absolute Gasteiger partial charge is 0.222 e. The Kier molecular flexibility index (Phi) is 3.53. The van der Waals surface area contributed by atoms with Crippen LogP contribution >= 0.6 is 11.6 Å². The van der Waals surface area contributed by atoms with Crippen LogP contribution in [0.15, 0.2) is 25.0 Å². The Labute approximate surface area is 104 Å². The molecule has 0 unspecified atom stereocenters. The summed E-state index contributed by atoms with van der Waals surface area (Å²) in [7, 11) is 0. The standard InChI is InChI=1S/C10H13ClN6/c1-7(8(2)17-6-12-5-15-17)16-10-13-3-9(11)4-14-10/h3-8H,1-2H3,(H,13,14,16)/t7-,8+/m0/s1. The predicted molar refractivity (Wildman–Crippen MR) is 64.9 cm³/mol. The molecule has 2 aromatic rings. The second-order valence-electron chi connectivity index (χ2n) is 3.77. The number of hydrogen-bond acceptors (Lipinski definition) is 5. The van der Waals surface area contributed by atoms with Crippen LogP contribution in [0.3, 0.4) is 0 Å². The first-order valence-electron chi connectivity index (χ1n) is 5.25. The summed E-state index contributed by atoms with van der Waals surface area (Å²) in [4.78, 5) is 12.1. The molecule has 0 amide bonds. The molecule has 0 saturated carbocycles. The summed E-state index contributed by atoms with van der Waals surface area (Å²) < 4.78 is 1.79. The van der Waals surface area contributed by atoms with E-state index >= 15 is 0 Å². The van der Waals surface area contributed by atoms with Crippen molar-refractivity contribution in [2.75, 3.05) is 5.32 Å². The second-order valence-corrected chi connectivity index (χ2v) is 4.21. The fraction of sp³-hybridized carbons (Fsp3) is 0.400. The number of nitrogens with zero attached hydrogens (tertiary/aromatic N) is 5. The van der Waals surface area contributed by atoms with Crippen LogP contribution in [0.5, 0.6) is 0 Å². The molecule has 7 heteroatoms. The number of nitrogens with one attached hydrogen (secondary N) is 1. The molecule has 0 aliphatic heterocycles. The summed E-state index contributed by atoms with van der Waals surface area (Å²) in [6.07, 6.45) is 6.32. The second kappa shape index (κ2) is 5.09. The number of anilines is 1. The normalized spacial score (nSPS) is 14.3. The SMILES string of the molecule is C[C@H](Nc1ncc(Cl)cn1)[C@@H](C)n1cncn1. The Bertz CT molecular complexity index is 454. The molecule has 90 valence electrons. The Morgan fingerprint density at radius 2 is 2.00 bits per heavy atom. The van der Waals surface area contributed by atoms with Gasteiger partial charge in [-0.3, -0.25) is 0 Å². The topological polar surface area (TPSA) is 68.5 Å². The van der Waals surface area contributed by atoms with Gasteiger partial charge in [0.1, 0.15) is 12.7 Å². The zero-order valence-electron chi connectivity index (χ0n) is 9.58. The number of aromatic nitrogens is 5. The predicted octanol–water partition coefficient (Wildman–Crippen LogP) is 1.78. The van der Waals surface area contributed by atoms with Crippen molar-refractivity contribution in [3.63, 3.8) is 0 Å². The van der Waals surface area contributed by atoms with Crippen molar-refractivity contribution >= 4 is 17.5 Å². The van der Waals surface area contributed by atoms with Gasteiger partial charge in [0, 0.05) is 6.04 Å². The molecule has 0 aliphatic carbocycles.